The van der Waals surface area contributed by atoms with Crippen molar-refractivity contribution in [2.24, 2.45) is 0 Å². The number of amides is 2. The molecule has 0 bridgehead atoms. The van der Waals surface area contributed by atoms with Crippen LogP contribution in [0.3, 0.4) is 0 Å². The smallest absolute Gasteiger partial charge is 0.302 e. The summed E-state index contributed by atoms with van der Waals surface area (Å²) in [5.41, 5.74) is 2.10. The van der Waals surface area contributed by atoms with Crippen molar-refractivity contribution >= 4 is 67.9 Å². The molecule has 26 heavy (non-hydrogen) atoms. The molecule has 0 aliphatic rings. The van der Waals surface area contributed by atoms with Gasteiger partial charge in [-0.25, -0.2) is 0 Å². The van der Waals surface area contributed by atoms with E-state index in [-0.39, 0.29) is 22.9 Å². The van der Waals surface area contributed by atoms with Crippen molar-refractivity contribution in [3.05, 3.63) is 52.5 Å². The Kier molecular flexibility index (Phi) is 5.29. The van der Waals surface area contributed by atoms with E-state index in [1.807, 2.05) is 6.07 Å². The maximum absolute atomic E-state index is 12.2. The Morgan fingerprint density at radius 1 is 1.15 bits per heavy atom. The van der Waals surface area contributed by atoms with E-state index in [1.165, 1.54) is 6.92 Å². The number of halogens is 1. The number of aromatic nitrogens is 1. The molecule has 0 radical (unpaired) electrons. The molecule has 0 aliphatic heterocycles. The minimum absolute atomic E-state index is 0.0550. The van der Waals surface area contributed by atoms with Gasteiger partial charge in [0.2, 0.25) is 5.91 Å². The Hall–Kier alpha value is -2.78. The van der Waals surface area contributed by atoms with Crippen molar-refractivity contribution < 1.29 is 14.0 Å². The fraction of sp³-hybridized carbons (Fsp3) is 0.0588. The largest absolute Gasteiger partial charge is 0.423 e. The minimum Gasteiger partial charge on any atom is -0.423 e. The molecule has 0 atom stereocenters. The Morgan fingerprint density at radius 2 is 1.92 bits per heavy atom. The number of rotatable bonds is 3. The van der Waals surface area contributed by atoms with Crippen molar-refractivity contribution in [2.45, 2.75) is 6.92 Å². The lowest BCUT2D eigenvalue weighted by Crippen LogP contribution is -2.34. The molecule has 7 nitrogen and oxygen atoms in total. The first-order valence-corrected chi connectivity index (χ1v) is 8.67. The van der Waals surface area contributed by atoms with Crippen LogP contribution in [0.25, 0.3) is 11.1 Å². The van der Waals surface area contributed by atoms with E-state index < -0.39 is 0 Å². The Morgan fingerprint density at radius 3 is 2.65 bits per heavy atom. The predicted molar refractivity (Wildman–Crippen MR) is 106 cm³/mol. The predicted octanol–water partition coefficient (Wildman–Crippen LogP) is 3.68. The lowest BCUT2D eigenvalue weighted by molar-refractivity contribution is -0.114. The molecular formula is C17H13BrN4O3S. The molecule has 0 spiro atoms. The number of oxazole rings is 1. The normalized spacial score (nSPS) is 10.4. The highest BCUT2D eigenvalue weighted by atomic mass is 79.9. The van der Waals surface area contributed by atoms with Crippen LogP contribution in [0.5, 0.6) is 0 Å². The van der Waals surface area contributed by atoms with Crippen LogP contribution in [-0.4, -0.2) is 21.9 Å². The number of hydrogen-bond donors (Lipinski definition) is 3. The number of benzene rings is 2. The molecule has 2 amide bonds. The number of anilines is 2. The highest BCUT2D eigenvalue weighted by molar-refractivity contribution is 9.10. The third kappa shape index (κ3) is 4.24. The van der Waals surface area contributed by atoms with Gasteiger partial charge in [-0.2, -0.15) is 4.98 Å². The summed E-state index contributed by atoms with van der Waals surface area (Å²) in [6.07, 6.45) is 0. The molecule has 0 saturated carbocycles. The average Bonchev–Trinajstić information content (AvgIpc) is 2.95. The van der Waals surface area contributed by atoms with Crippen LogP contribution in [0.4, 0.5) is 11.7 Å². The van der Waals surface area contributed by atoms with E-state index in [0.717, 1.165) is 0 Å². The van der Waals surface area contributed by atoms with Gasteiger partial charge in [-0.1, -0.05) is 12.1 Å². The molecule has 0 aliphatic carbocycles. The van der Waals surface area contributed by atoms with Crippen LogP contribution in [0.15, 0.2) is 51.4 Å². The molecule has 3 aromatic rings. The summed E-state index contributed by atoms with van der Waals surface area (Å²) in [6.45, 7) is 1.42. The fourth-order valence-electron chi connectivity index (χ4n) is 2.20. The van der Waals surface area contributed by atoms with E-state index in [2.05, 4.69) is 36.9 Å². The molecule has 0 saturated heterocycles. The molecule has 3 N–H and O–H groups in total. The number of nitrogens with zero attached hydrogens (tertiary/aromatic N) is 1. The quantitative estimate of drug-likeness (QED) is 0.546. The van der Waals surface area contributed by atoms with Crippen molar-refractivity contribution in [1.82, 2.24) is 10.3 Å². The summed E-state index contributed by atoms with van der Waals surface area (Å²) in [4.78, 5) is 27.6. The molecule has 9 heteroatoms. The van der Waals surface area contributed by atoms with Crippen LogP contribution in [0.2, 0.25) is 0 Å². The highest BCUT2D eigenvalue weighted by Gasteiger charge is 2.13. The zero-order valence-corrected chi connectivity index (χ0v) is 15.9. The van der Waals surface area contributed by atoms with E-state index in [1.54, 1.807) is 36.4 Å². The first-order valence-electron chi connectivity index (χ1n) is 7.47. The monoisotopic (exact) mass is 432 g/mol. The second-order valence-electron chi connectivity index (χ2n) is 5.27. The SMILES string of the molecule is CC(=O)Nc1ccc2nc(NC(=S)NC(=O)c3ccccc3Br)oc2c1. The fourth-order valence-corrected chi connectivity index (χ4v) is 2.85. The molecule has 3 rings (SSSR count). The lowest BCUT2D eigenvalue weighted by atomic mass is 10.2. The van der Waals surface area contributed by atoms with E-state index in [4.69, 9.17) is 16.6 Å². The third-order valence-electron chi connectivity index (χ3n) is 3.27. The van der Waals surface area contributed by atoms with Gasteiger partial charge in [0.05, 0.1) is 5.56 Å². The maximum atomic E-state index is 12.2. The minimum atomic E-state index is -0.362. The molecule has 2 aromatic carbocycles. The number of nitrogens with one attached hydrogen (secondary N) is 3. The second-order valence-corrected chi connectivity index (χ2v) is 6.53. The number of carbonyl (C=O) groups excluding carboxylic acids is 2. The molecule has 0 unspecified atom stereocenters. The number of carbonyl (C=O) groups is 2. The standard InChI is InChI=1S/C17H13BrN4O3S/c1-9(23)19-10-6-7-13-14(8-10)25-16(20-13)22-17(26)21-15(24)11-4-2-3-5-12(11)18/h2-8H,1H3,(H,19,23)(H2,20,21,22,24,26). The molecule has 1 aromatic heterocycles. The summed E-state index contributed by atoms with van der Waals surface area (Å²) >= 11 is 8.44. The molecule has 132 valence electrons. The van der Waals surface area contributed by atoms with Crippen molar-refractivity contribution in [2.75, 3.05) is 10.6 Å². The molecule has 0 fully saturated rings. The Balaban J connectivity index is 1.70. The zero-order valence-electron chi connectivity index (χ0n) is 13.5. The van der Waals surface area contributed by atoms with Crippen LogP contribution in [0.1, 0.15) is 17.3 Å². The van der Waals surface area contributed by atoms with E-state index in [0.29, 0.717) is 26.8 Å². The second kappa shape index (κ2) is 7.63. The zero-order chi connectivity index (χ0) is 18.7. The summed E-state index contributed by atoms with van der Waals surface area (Å²) in [5.74, 6) is -0.544. The summed E-state index contributed by atoms with van der Waals surface area (Å²) in [6, 6.07) is 12.2. The van der Waals surface area contributed by atoms with Gasteiger partial charge in [-0.05, 0) is 52.4 Å². The molecule has 1 heterocycles. The van der Waals surface area contributed by atoms with Gasteiger partial charge in [0.15, 0.2) is 10.7 Å². The number of thiocarbonyl (C=S) groups is 1. The third-order valence-corrected chi connectivity index (χ3v) is 4.17. The maximum Gasteiger partial charge on any atom is 0.302 e. The van der Waals surface area contributed by atoms with E-state index in [9.17, 15) is 9.59 Å². The first kappa shape index (κ1) is 18.0. The van der Waals surface area contributed by atoms with Gasteiger partial charge in [0, 0.05) is 23.2 Å². The summed E-state index contributed by atoms with van der Waals surface area (Å²) < 4.78 is 6.21. The summed E-state index contributed by atoms with van der Waals surface area (Å²) in [7, 11) is 0. The van der Waals surface area contributed by atoms with Gasteiger partial charge in [0.25, 0.3) is 5.91 Å². The van der Waals surface area contributed by atoms with Crippen LogP contribution in [-0.2, 0) is 4.79 Å². The van der Waals surface area contributed by atoms with Gasteiger partial charge in [-0.15, -0.1) is 0 Å². The van der Waals surface area contributed by atoms with Gasteiger partial charge >= 0.3 is 6.01 Å². The topological polar surface area (TPSA) is 96.3 Å². The van der Waals surface area contributed by atoms with Gasteiger partial charge < -0.3 is 9.73 Å². The first-order chi connectivity index (χ1) is 12.4. The number of fused-ring (bicyclic) bond motifs is 1. The van der Waals surface area contributed by atoms with Crippen molar-refractivity contribution in [3.63, 3.8) is 0 Å². The molecular weight excluding hydrogens is 420 g/mol. The lowest BCUT2D eigenvalue weighted by Gasteiger charge is -2.07. The van der Waals surface area contributed by atoms with Crippen LogP contribution >= 0.6 is 28.1 Å². The van der Waals surface area contributed by atoms with Crippen LogP contribution in [0, 0.1) is 0 Å². The summed E-state index contributed by atoms with van der Waals surface area (Å²) in [5, 5.41) is 8.01. The average molecular weight is 433 g/mol. The van der Waals surface area contributed by atoms with Gasteiger partial charge in [0.1, 0.15) is 5.52 Å². The van der Waals surface area contributed by atoms with Crippen molar-refractivity contribution in [3.8, 4) is 0 Å². The van der Waals surface area contributed by atoms with Gasteiger partial charge in [-0.3, -0.25) is 20.2 Å². The van der Waals surface area contributed by atoms with E-state index >= 15 is 0 Å². The highest BCUT2D eigenvalue weighted by Crippen LogP contribution is 2.22. The van der Waals surface area contributed by atoms with Crippen LogP contribution < -0.4 is 16.0 Å². The Labute approximate surface area is 162 Å². The number of hydrogen-bond acceptors (Lipinski definition) is 5. The Bertz CT molecular complexity index is 1020. The van der Waals surface area contributed by atoms with Crippen molar-refractivity contribution in [1.29, 1.82) is 0 Å².